The number of nitrogens with zero attached hydrogens (tertiary/aromatic N) is 1. The van der Waals surface area contributed by atoms with E-state index in [-0.39, 0.29) is 12.2 Å². The molecular formula is C16H13NO3. The van der Waals surface area contributed by atoms with Crippen LogP contribution in [0.1, 0.15) is 11.1 Å². The van der Waals surface area contributed by atoms with Crippen LogP contribution in [0.5, 0.6) is 11.5 Å². The summed E-state index contributed by atoms with van der Waals surface area (Å²) >= 11 is 0. The summed E-state index contributed by atoms with van der Waals surface area (Å²) in [6.45, 7) is 0. The van der Waals surface area contributed by atoms with E-state index < -0.39 is 5.97 Å². The maximum Gasteiger partial charge on any atom is 0.315 e. The van der Waals surface area contributed by atoms with Crippen LogP contribution in [-0.2, 0) is 11.2 Å². The van der Waals surface area contributed by atoms with Crippen molar-refractivity contribution in [1.29, 1.82) is 5.26 Å². The zero-order valence-corrected chi connectivity index (χ0v) is 11.0. The number of nitriles is 1. The Balaban J connectivity index is 2.13. The van der Waals surface area contributed by atoms with Gasteiger partial charge in [0, 0.05) is 6.07 Å². The van der Waals surface area contributed by atoms with E-state index in [0.29, 0.717) is 11.3 Å². The first-order valence-corrected chi connectivity index (χ1v) is 6.05. The predicted octanol–water partition coefficient (Wildman–Crippen LogP) is 2.71. The molecule has 0 saturated heterocycles. The van der Waals surface area contributed by atoms with Crippen LogP contribution in [0.3, 0.4) is 0 Å². The minimum atomic E-state index is -0.416. The Kier molecular flexibility index (Phi) is 4.35. The first kappa shape index (κ1) is 13.6. The highest BCUT2D eigenvalue weighted by Gasteiger charge is 2.11. The van der Waals surface area contributed by atoms with E-state index in [1.165, 1.54) is 13.2 Å². The lowest BCUT2D eigenvalue weighted by Crippen LogP contribution is -2.12. The number of rotatable bonds is 4. The molecule has 0 atom stereocenters. The van der Waals surface area contributed by atoms with Crippen molar-refractivity contribution in [3.8, 4) is 17.6 Å². The number of methoxy groups -OCH3 is 1. The highest BCUT2D eigenvalue weighted by atomic mass is 16.5. The molecule has 4 heteroatoms. The first-order chi connectivity index (χ1) is 9.72. The number of hydrogen-bond acceptors (Lipinski definition) is 4. The molecule has 0 fully saturated rings. The topological polar surface area (TPSA) is 59.3 Å². The van der Waals surface area contributed by atoms with Gasteiger partial charge >= 0.3 is 5.97 Å². The number of hydrogen-bond donors (Lipinski definition) is 0. The van der Waals surface area contributed by atoms with E-state index in [9.17, 15) is 4.79 Å². The Hall–Kier alpha value is -2.80. The van der Waals surface area contributed by atoms with Gasteiger partial charge in [-0.05, 0) is 17.7 Å². The second kappa shape index (κ2) is 6.39. The molecule has 0 unspecified atom stereocenters. The van der Waals surface area contributed by atoms with Crippen LogP contribution in [0.15, 0.2) is 48.5 Å². The Morgan fingerprint density at radius 1 is 1.20 bits per heavy atom. The summed E-state index contributed by atoms with van der Waals surface area (Å²) in [5, 5.41) is 9.00. The maximum atomic E-state index is 11.9. The van der Waals surface area contributed by atoms with Gasteiger partial charge in [-0.15, -0.1) is 0 Å². The lowest BCUT2D eigenvalue weighted by atomic mass is 10.1. The van der Waals surface area contributed by atoms with Crippen molar-refractivity contribution in [2.75, 3.05) is 7.11 Å². The molecule has 2 aromatic rings. The van der Waals surface area contributed by atoms with Gasteiger partial charge in [-0.25, -0.2) is 0 Å². The molecule has 4 nitrogen and oxygen atoms in total. The summed E-state index contributed by atoms with van der Waals surface area (Å²) in [5.74, 6) is 0.334. The van der Waals surface area contributed by atoms with Crippen molar-refractivity contribution in [2.45, 2.75) is 6.42 Å². The number of carbonyl (C=O) groups excluding carboxylic acids is 1. The van der Waals surface area contributed by atoms with Gasteiger partial charge < -0.3 is 9.47 Å². The standard InChI is InChI=1S/C16H13NO3/c1-19-14-8-7-13(11-17)15(10-14)20-16(18)9-12-5-3-2-4-6-12/h2-8,10H,9H2,1H3. The maximum absolute atomic E-state index is 11.9. The van der Waals surface area contributed by atoms with Gasteiger partial charge in [-0.2, -0.15) is 5.26 Å². The molecule has 0 aliphatic heterocycles. The third-order valence-electron chi connectivity index (χ3n) is 2.72. The number of ether oxygens (including phenoxy) is 2. The summed E-state index contributed by atoms with van der Waals surface area (Å²) in [5.41, 5.74) is 1.16. The number of benzene rings is 2. The molecule has 0 N–H and O–H groups in total. The van der Waals surface area contributed by atoms with Crippen molar-refractivity contribution in [3.63, 3.8) is 0 Å². The van der Waals surface area contributed by atoms with E-state index in [4.69, 9.17) is 14.7 Å². The van der Waals surface area contributed by atoms with Crippen molar-refractivity contribution in [3.05, 3.63) is 59.7 Å². The van der Waals surface area contributed by atoms with E-state index in [2.05, 4.69) is 0 Å². The van der Waals surface area contributed by atoms with Gasteiger partial charge in [0.05, 0.1) is 19.1 Å². The number of carbonyl (C=O) groups is 1. The predicted molar refractivity (Wildman–Crippen MR) is 73.5 cm³/mol. The zero-order chi connectivity index (χ0) is 14.4. The molecule has 2 aromatic carbocycles. The van der Waals surface area contributed by atoms with Crippen LogP contribution in [0.25, 0.3) is 0 Å². The molecule has 0 amide bonds. The summed E-state index contributed by atoms with van der Waals surface area (Å²) in [6.07, 6.45) is 0.156. The molecule has 2 rings (SSSR count). The van der Waals surface area contributed by atoms with Gasteiger partial charge in [0.2, 0.25) is 0 Å². The molecule has 0 heterocycles. The Bertz CT molecular complexity index is 645. The normalized spacial score (nSPS) is 9.60. The van der Waals surface area contributed by atoms with E-state index >= 15 is 0 Å². The fourth-order valence-corrected chi connectivity index (χ4v) is 1.73. The second-order valence-corrected chi connectivity index (χ2v) is 4.11. The van der Waals surface area contributed by atoms with Crippen LogP contribution in [0.2, 0.25) is 0 Å². The average molecular weight is 267 g/mol. The fraction of sp³-hybridized carbons (Fsp3) is 0.125. The second-order valence-electron chi connectivity index (χ2n) is 4.11. The lowest BCUT2D eigenvalue weighted by Gasteiger charge is -2.08. The number of esters is 1. The quantitative estimate of drug-likeness (QED) is 0.631. The minimum absolute atomic E-state index is 0.156. The Morgan fingerprint density at radius 3 is 2.60 bits per heavy atom. The van der Waals surface area contributed by atoms with Gasteiger partial charge in [0.15, 0.2) is 5.75 Å². The van der Waals surface area contributed by atoms with Gasteiger partial charge in [0.25, 0.3) is 0 Å². The smallest absolute Gasteiger partial charge is 0.315 e. The molecular weight excluding hydrogens is 254 g/mol. The van der Waals surface area contributed by atoms with Crippen LogP contribution < -0.4 is 9.47 Å². The van der Waals surface area contributed by atoms with Crippen molar-refractivity contribution >= 4 is 5.97 Å². The highest BCUT2D eigenvalue weighted by molar-refractivity contribution is 5.76. The van der Waals surface area contributed by atoms with E-state index in [1.54, 1.807) is 12.1 Å². The highest BCUT2D eigenvalue weighted by Crippen LogP contribution is 2.24. The SMILES string of the molecule is COc1ccc(C#N)c(OC(=O)Cc2ccccc2)c1. The molecule has 100 valence electrons. The summed E-state index contributed by atoms with van der Waals surface area (Å²) in [6, 6.07) is 16.0. The molecule has 20 heavy (non-hydrogen) atoms. The summed E-state index contributed by atoms with van der Waals surface area (Å²) in [4.78, 5) is 11.9. The van der Waals surface area contributed by atoms with Crippen molar-refractivity contribution < 1.29 is 14.3 Å². The van der Waals surface area contributed by atoms with Gasteiger partial charge in [-0.1, -0.05) is 30.3 Å². The van der Waals surface area contributed by atoms with Crippen LogP contribution in [0, 0.1) is 11.3 Å². The first-order valence-electron chi connectivity index (χ1n) is 6.05. The van der Waals surface area contributed by atoms with E-state index in [1.807, 2.05) is 36.4 Å². The van der Waals surface area contributed by atoms with Crippen LogP contribution in [-0.4, -0.2) is 13.1 Å². The average Bonchev–Trinajstić information content (AvgIpc) is 2.48. The Labute approximate surface area is 117 Å². The summed E-state index contributed by atoms with van der Waals surface area (Å²) in [7, 11) is 1.51. The molecule has 0 spiro atoms. The molecule has 0 bridgehead atoms. The van der Waals surface area contributed by atoms with Gasteiger partial charge in [-0.3, -0.25) is 4.79 Å². The van der Waals surface area contributed by atoms with Crippen molar-refractivity contribution in [2.24, 2.45) is 0 Å². The third kappa shape index (κ3) is 3.36. The molecule has 0 radical (unpaired) electrons. The Morgan fingerprint density at radius 2 is 1.95 bits per heavy atom. The van der Waals surface area contributed by atoms with Crippen LogP contribution in [0.4, 0.5) is 0 Å². The molecule has 0 aliphatic carbocycles. The van der Waals surface area contributed by atoms with Gasteiger partial charge in [0.1, 0.15) is 11.8 Å². The van der Waals surface area contributed by atoms with E-state index in [0.717, 1.165) is 5.56 Å². The zero-order valence-electron chi connectivity index (χ0n) is 11.0. The minimum Gasteiger partial charge on any atom is -0.497 e. The van der Waals surface area contributed by atoms with Crippen molar-refractivity contribution in [1.82, 2.24) is 0 Å². The largest absolute Gasteiger partial charge is 0.497 e. The third-order valence-corrected chi connectivity index (χ3v) is 2.72. The summed E-state index contributed by atoms with van der Waals surface area (Å²) < 4.78 is 10.3. The fourth-order valence-electron chi connectivity index (χ4n) is 1.73. The molecule has 0 aliphatic rings. The monoisotopic (exact) mass is 267 g/mol. The molecule has 0 saturated carbocycles. The molecule has 0 aromatic heterocycles. The lowest BCUT2D eigenvalue weighted by molar-refractivity contribution is -0.133. The van der Waals surface area contributed by atoms with Crippen LogP contribution >= 0.6 is 0 Å².